The lowest BCUT2D eigenvalue weighted by Crippen LogP contribution is -2.37. The van der Waals surface area contributed by atoms with E-state index in [0.717, 1.165) is 48.9 Å². The third-order valence-corrected chi connectivity index (χ3v) is 5.49. The van der Waals surface area contributed by atoms with Gasteiger partial charge in [-0.3, -0.25) is 0 Å². The van der Waals surface area contributed by atoms with Crippen molar-refractivity contribution in [2.24, 2.45) is 0 Å². The first-order chi connectivity index (χ1) is 10.6. The second kappa shape index (κ2) is 6.69. The number of esters is 1. The van der Waals surface area contributed by atoms with Gasteiger partial charge < -0.3 is 14.8 Å². The summed E-state index contributed by atoms with van der Waals surface area (Å²) < 4.78 is 11.4. The molecule has 1 saturated heterocycles. The van der Waals surface area contributed by atoms with Crippen molar-refractivity contribution in [2.45, 2.75) is 44.7 Å². The Morgan fingerprint density at radius 1 is 1.36 bits per heavy atom. The zero-order valence-electron chi connectivity index (χ0n) is 13.1. The SMILES string of the molecule is COC(=O)c1cc(Br)c2c(c1C)C(NC1CCOCC1)CC2. The molecular weight excluding hydrogens is 346 g/mol. The summed E-state index contributed by atoms with van der Waals surface area (Å²) in [4.78, 5) is 12.0. The van der Waals surface area contributed by atoms with Crippen molar-refractivity contribution < 1.29 is 14.3 Å². The molecular formula is C17H22BrNO3. The van der Waals surface area contributed by atoms with E-state index in [9.17, 15) is 4.79 Å². The second-order valence-electron chi connectivity index (χ2n) is 6.06. The fourth-order valence-corrected chi connectivity index (χ4v) is 4.26. The topological polar surface area (TPSA) is 47.6 Å². The first-order valence-electron chi connectivity index (χ1n) is 7.85. The molecule has 1 fully saturated rings. The van der Waals surface area contributed by atoms with Crippen LogP contribution in [-0.4, -0.2) is 32.3 Å². The molecule has 1 aromatic rings. The molecule has 0 radical (unpaired) electrons. The van der Waals surface area contributed by atoms with E-state index in [1.807, 2.05) is 13.0 Å². The molecule has 1 unspecified atom stereocenters. The number of fused-ring (bicyclic) bond motifs is 1. The standard InChI is InChI=1S/C17H22BrNO3/c1-10-13(17(20)21-2)9-14(18)12-3-4-15(16(10)12)19-11-5-7-22-8-6-11/h9,11,15,19H,3-8H2,1-2H3. The Balaban J connectivity index is 1.90. The van der Waals surface area contributed by atoms with E-state index in [2.05, 4.69) is 21.2 Å². The molecule has 0 bridgehead atoms. The molecule has 1 aromatic carbocycles. The maximum absolute atomic E-state index is 12.0. The van der Waals surface area contributed by atoms with E-state index in [-0.39, 0.29) is 5.97 Å². The fourth-order valence-electron chi connectivity index (χ4n) is 3.62. The number of carbonyl (C=O) groups is 1. The lowest BCUT2D eigenvalue weighted by Gasteiger charge is -2.28. The zero-order valence-corrected chi connectivity index (χ0v) is 14.7. The van der Waals surface area contributed by atoms with Gasteiger partial charge in [-0.25, -0.2) is 4.79 Å². The molecule has 0 amide bonds. The lowest BCUT2D eigenvalue weighted by atomic mass is 9.95. The Hall–Kier alpha value is -0.910. The third kappa shape index (κ3) is 2.94. The van der Waals surface area contributed by atoms with Gasteiger partial charge in [0.1, 0.15) is 0 Å². The summed E-state index contributed by atoms with van der Waals surface area (Å²) in [5.74, 6) is -0.266. The summed E-state index contributed by atoms with van der Waals surface area (Å²) in [7, 11) is 1.43. The Morgan fingerprint density at radius 3 is 2.77 bits per heavy atom. The van der Waals surface area contributed by atoms with Gasteiger partial charge in [0.05, 0.1) is 12.7 Å². The molecule has 1 aliphatic heterocycles. The van der Waals surface area contributed by atoms with E-state index < -0.39 is 0 Å². The molecule has 22 heavy (non-hydrogen) atoms. The van der Waals surface area contributed by atoms with Gasteiger partial charge in [0, 0.05) is 29.8 Å². The summed E-state index contributed by atoms with van der Waals surface area (Å²) in [6.07, 6.45) is 4.24. The number of ether oxygens (including phenoxy) is 2. The van der Waals surface area contributed by atoms with Crippen molar-refractivity contribution in [3.05, 3.63) is 32.8 Å². The van der Waals surface area contributed by atoms with E-state index in [1.165, 1.54) is 18.2 Å². The van der Waals surface area contributed by atoms with Gasteiger partial charge in [-0.2, -0.15) is 0 Å². The Morgan fingerprint density at radius 2 is 2.09 bits per heavy atom. The van der Waals surface area contributed by atoms with Crippen LogP contribution in [0.3, 0.4) is 0 Å². The smallest absolute Gasteiger partial charge is 0.338 e. The highest BCUT2D eigenvalue weighted by molar-refractivity contribution is 9.10. The van der Waals surface area contributed by atoms with Crippen LogP contribution in [0.25, 0.3) is 0 Å². The van der Waals surface area contributed by atoms with Gasteiger partial charge in [0.15, 0.2) is 0 Å². The Bertz CT molecular complexity index is 582. The van der Waals surface area contributed by atoms with Crippen LogP contribution < -0.4 is 5.32 Å². The van der Waals surface area contributed by atoms with Crippen LogP contribution >= 0.6 is 15.9 Å². The quantitative estimate of drug-likeness (QED) is 0.832. The van der Waals surface area contributed by atoms with Crippen molar-refractivity contribution in [1.29, 1.82) is 0 Å². The molecule has 5 heteroatoms. The number of halogens is 1. The van der Waals surface area contributed by atoms with Gasteiger partial charge >= 0.3 is 5.97 Å². The second-order valence-corrected chi connectivity index (χ2v) is 6.91. The molecule has 0 saturated carbocycles. The highest BCUT2D eigenvalue weighted by Gasteiger charge is 2.31. The molecule has 120 valence electrons. The Labute approximate surface area is 139 Å². The summed E-state index contributed by atoms with van der Waals surface area (Å²) in [5, 5.41) is 3.77. The highest BCUT2D eigenvalue weighted by atomic mass is 79.9. The number of nitrogens with one attached hydrogen (secondary N) is 1. The van der Waals surface area contributed by atoms with Gasteiger partial charge in [-0.05, 0) is 55.4 Å². The lowest BCUT2D eigenvalue weighted by molar-refractivity contribution is 0.0599. The maximum atomic E-state index is 12.0. The highest BCUT2D eigenvalue weighted by Crippen LogP contribution is 2.40. The average molecular weight is 368 g/mol. The summed E-state index contributed by atoms with van der Waals surface area (Å²) >= 11 is 3.63. The van der Waals surface area contributed by atoms with Gasteiger partial charge in [0.25, 0.3) is 0 Å². The van der Waals surface area contributed by atoms with Gasteiger partial charge in [-0.15, -0.1) is 0 Å². The summed E-state index contributed by atoms with van der Waals surface area (Å²) in [6.45, 7) is 3.70. The predicted octanol–water partition coefficient (Wildman–Crippen LogP) is 3.30. The van der Waals surface area contributed by atoms with Crippen molar-refractivity contribution in [1.82, 2.24) is 5.32 Å². The largest absolute Gasteiger partial charge is 0.465 e. The third-order valence-electron chi connectivity index (χ3n) is 4.79. The van der Waals surface area contributed by atoms with Gasteiger partial charge in [0.2, 0.25) is 0 Å². The molecule has 0 spiro atoms. The minimum atomic E-state index is -0.266. The van der Waals surface area contributed by atoms with Crippen molar-refractivity contribution in [3.63, 3.8) is 0 Å². The number of carbonyl (C=O) groups excluding carboxylic acids is 1. The van der Waals surface area contributed by atoms with E-state index >= 15 is 0 Å². The first kappa shape index (κ1) is 16.0. The number of methoxy groups -OCH3 is 1. The van der Waals surface area contributed by atoms with Crippen LogP contribution in [0.15, 0.2) is 10.5 Å². The molecule has 1 N–H and O–H groups in total. The molecule has 1 aliphatic carbocycles. The first-order valence-corrected chi connectivity index (χ1v) is 8.65. The van der Waals surface area contributed by atoms with E-state index in [4.69, 9.17) is 9.47 Å². The summed E-state index contributed by atoms with van der Waals surface area (Å²) in [5.41, 5.74) is 4.32. The maximum Gasteiger partial charge on any atom is 0.338 e. The van der Waals surface area contributed by atoms with Gasteiger partial charge in [-0.1, -0.05) is 15.9 Å². The minimum absolute atomic E-state index is 0.266. The van der Waals surface area contributed by atoms with Crippen LogP contribution in [0, 0.1) is 6.92 Å². The van der Waals surface area contributed by atoms with Crippen molar-refractivity contribution in [2.75, 3.05) is 20.3 Å². The van der Waals surface area contributed by atoms with Crippen LogP contribution in [0.5, 0.6) is 0 Å². The van der Waals surface area contributed by atoms with E-state index in [1.54, 1.807) is 0 Å². The molecule has 1 heterocycles. The van der Waals surface area contributed by atoms with Crippen LogP contribution in [0.4, 0.5) is 0 Å². The minimum Gasteiger partial charge on any atom is -0.465 e. The normalized spacial score (nSPS) is 21.7. The average Bonchev–Trinajstić information content (AvgIpc) is 2.95. The molecule has 3 rings (SSSR count). The van der Waals surface area contributed by atoms with Crippen molar-refractivity contribution in [3.8, 4) is 0 Å². The van der Waals surface area contributed by atoms with Crippen LogP contribution in [0.1, 0.15) is 52.4 Å². The molecule has 4 nitrogen and oxygen atoms in total. The molecule has 2 aliphatic rings. The number of rotatable bonds is 3. The summed E-state index contributed by atoms with van der Waals surface area (Å²) in [6, 6.07) is 2.72. The molecule has 1 atom stereocenters. The number of benzene rings is 1. The zero-order chi connectivity index (χ0) is 15.7. The fraction of sp³-hybridized carbons (Fsp3) is 0.588. The Kier molecular flexibility index (Phi) is 4.85. The van der Waals surface area contributed by atoms with Crippen molar-refractivity contribution >= 4 is 21.9 Å². The predicted molar refractivity (Wildman–Crippen MR) is 88.3 cm³/mol. The molecule has 0 aromatic heterocycles. The monoisotopic (exact) mass is 367 g/mol. The number of hydrogen-bond acceptors (Lipinski definition) is 4. The van der Waals surface area contributed by atoms with E-state index in [0.29, 0.717) is 17.6 Å². The van der Waals surface area contributed by atoms with Crippen LogP contribution in [-0.2, 0) is 15.9 Å². The van der Waals surface area contributed by atoms with Crippen LogP contribution in [0.2, 0.25) is 0 Å². The number of hydrogen-bond donors (Lipinski definition) is 1.